The van der Waals surface area contributed by atoms with Gasteiger partial charge in [0.1, 0.15) is 17.5 Å². The third kappa shape index (κ3) is 7.33. The number of carbonyl (C=O) groups is 3. The van der Waals surface area contributed by atoms with Crippen LogP contribution < -0.4 is 10.6 Å². The van der Waals surface area contributed by atoms with E-state index in [1.165, 1.54) is 18.2 Å². The molecule has 0 aliphatic carbocycles. The molecule has 0 aromatic heterocycles. The zero-order valence-electron chi connectivity index (χ0n) is 19.7. The number of urea groups is 1. The summed E-state index contributed by atoms with van der Waals surface area (Å²) in [5.74, 6) is -0.355. The van der Waals surface area contributed by atoms with Crippen LogP contribution >= 0.6 is 0 Å². The number of benzene rings is 1. The Labute approximate surface area is 194 Å². The van der Waals surface area contributed by atoms with Gasteiger partial charge in [0.15, 0.2) is 0 Å². The van der Waals surface area contributed by atoms with Crippen molar-refractivity contribution in [3.8, 4) is 0 Å². The van der Waals surface area contributed by atoms with E-state index in [1.807, 2.05) is 25.7 Å². The van der Waals surface area contributed by atoms with Gasteiger partial charge in [0.05, 0.1) is 0 Å². The number of amides is 4. The summed E-state index contributed by atoms with van der Waals surface area (Å²) in [5, 5.41) is 5.43. The van der Waals surface area contributed by atoms with Gasteiger partial charge in [0.2, 0.25) is 5.91 Å². The normalized spacial score (nSPS) is 21.3. The molecule has 2 atom stereocenters. The van der Waals surface area contributed by atoms with Gasteiger partial charge >= 0.3 is 12.1 Å². The molecule has 3 rings (SSSR count). The molecule has 2 saturated heterocycles. The fraction of sp³-hybridized carbons (Fsp3) is 0.625. The first-order chi connectivity index (χ1) is 15.6. The average Bonchev–Trinajstić information content (AvgIpc) is 2.76. The van der Waals surface area contributed by atoms with Crippen LogP contribution in [0, 0.1) is 11.7 Å². The van der Waals surface area contributed by atoms with Crippen molar-refractivity contribution in [2.45, 2.75) is 64.5 Å². The summed E-state index contributed by atoms with van der Waals surface area (Å²) < 4.78 is 18.8. The van der Waals surface area contributed by atoms with Crippen molar-refractivity contribution in [2.24, 2.45) is 5.92 Å². The van der Waals surface area contributed by atoms with Crippen molar-refractivity contribution >= 4 is 23.7 Å². The lowest BCUT2D eigenvalue weighted by molar-refractivity contribution is -0.140. The van der Waals surface area contributed by atoms with E-state index in [2.05, 4.69) is 10.6 Å². The smallest absolute Gasteiger partial charge is 0.410 e. The summed E-state index contributed by atoms with van der Waals surface area (Å²) in [7, 11) is 0. The molecule has 33 heavy (non-hydrogen) atoms. The van der Waals surface area contributed by atoms with Crippen molar-refractivity contribution in [3.05, 3.63) is 30.1 Å². The molecule has 1 aromatic rings. The molecule has 0 spiro atoms. The fourth-order valence-corrected chi connectivity index (χ4v) is 4.35. The van der Waals surface area contributed by atoms with Gasteiger partial charge in [-0.05, 0) is 77.0 Å². The molecule has 9 heteroatoms. The Balaban J connectivity index is 1.53. The number of rotatable bonds is 4. The number of ether oxygens (including phenoxy) is 1. The maximum absolute atomic E-state index is 13.3. The van der Waals surface area contributed by atoms with E-state index < -0.39 is 29.6 Å². The highest BCUT2D eigenvalue weighted by atomic mass is 19.1. The number of hydrogen-bond acceptors (Lipinski definition) is 4. The van der Waals surface area contributed by atoms with E-state index >= 15 is 0 Å². The van der Waals surface area contributed by atoms with Gasteiger partial charge in [-0.3, -0.25) is 9.69 Å². The Morgan fingerprint density at radius 3 is 2.64 bits per heavy atom. The number of anilines is 1. The molecule has 2 aliphatic rings. The van der Waals surface area contributed by atoms with Crippen molar-refractivity contribution in [2.75, 3.05) is 31.5 Å². The van der Waals surface area contributed by atoms with Gasteiger partial charge in [-0.1, -0.05) is 6.07 Å². The molecule has 4 amide bonds. The summed E-state index contributed by atoms with van der Waals surface area (Å²) in [5.41, 5.74) is -0.233. The largest absolute Gasteiger partial charge is 0.444 e. The summed E-state index contributed by atoms with van der Waals surface area (Å²) in [6.07, 6.45) is 3.68. The van der Waals surface area contributed by atoms with Crippen molar-refractivity contribution in [3.63, 3.8) is 0 Å². The highest BCUT2D eigenvalue weighted by Gasteiger charge is 2.38. The second kappa shape index (κ2) is 10.9. The third-order valence-corrected chi connectivity index (χ3v) is 5.88. The van der Waals surface area contributed by atoms with Crippen LogP contribution in [-0.4, -0.2) is 65.7 Å². The molecular formula is C24H35FN4O4. The quantitative estimate of drug-likeness (QED) is 0.708. The van der Waals surface area contributed by atoms with Gasteiger partial charge in [0.25, 0.3) is 0 Å². The molecule has 0 radical (unpaired) electrons. The lowest BCUT2D eigenvalue weighted by Crippen LogP contribution is -2.56. The number of carbonyl (C=O) groups excluding carboxylic acids is 3. The molecular weight excluding hydrogens is 427 g/mol. The standard InChI is InChI=1S/C24H35FN4O4/c1-24(2,3)33-23(32)29-13-5-4-11-20(29)21(30)28-12-7-8-17(16-28)15-26-22(31)27-19-10-6-9-18(25)14-19/h6,9-10,14,17,20H,4-5,7-8,11-13,15-16H2,1-3H3,(H2,26,27,31). The topological polar surface area (TPSA) is 91.0 Å². The van der Waals surface area contributed by atoms with Gasteiger partial charge in [-0.25, -0.2) is 14.0 Å². The summed E-state index contributed by atoms with van der Waals surface area (Å²) in [6, 6.07) is 4.80. The predicted octanol–water partition coefficient (Wildman–Crippen LogP) is 3.98. The van der Waals surface area contributed by atoms with Gasteiger partial charge in [0, 0.05) is 31.9 Å². The van der Waals surface area contributed by atoms with Crippen molar-refractivity contribution in [1.82, 2.24) is 15.1 Å². The molecule has 8 nitrogen and oxygen atoms in total. The van der Waals surface area contributed by atoms with Crippen LogP contribution in [0.5, 0.6) is 0 Å². The lowest BCUT2D eigenvalue weighted by Gasteiger charge is -2.40. The Bertz CT molecular complexity index is 857. The second-order valence-corrected chi connectivity index (χ2v) is 9.82. The Kier molecular flexibility index (Phi) is 8.15. The van der Waals surface area contributed by atoms with Crippen LogP contribution in [0.25, 0.3) is 0 Å². The molecule has 2 unspecified atom stereocenters. The molecule has 0 saturated carbocycles. The number of halogens is 1. The number of likely N-dealkylation sites (tertiary alicyclic amines) is 2. The van der Waals surface area contributed by atoms with Crippen LogP contribution in [-0.2, 0) is 9.53 Å². The minimum absolute atomic E-state index is 0.0468. The van der Waals surface area contributed by atoms with E-state index in [1.54, 1.807) is 11.0 Å². The molecule has 2 aliphatic heterocycles. The zero-order valence-corrected chi connectivity index (χ0v) is 19.7. The number of nitrogens with one attached hydrogen (secondary N) is 2. The maximum Gasteiger partial charge on any atom is 0.410 e. The Hall–Kier alpha value is -2.84. The van der Waals surface area contributed by atoms with E-state index in [0.717, 1.165) is 25.7 Å². The average molecular weight is 463 g/mol. The highest BCUT2D eigenvalue weighted by Crippen LogP contribution is 2.24. The first kappa shape index (κ1) is 24.8. The summed E-state index contributed by atoms with van der Waals surface area (Å²) in [6.45, 7) is 7.55. The number of piperidine rings is 2. The van der Waals surface area contributed by atoms with Gasteiger partial charge in [-0.2, -0.15) is 0 Å². The number of nitrogens with zero attached hydrogens (tertiary/aromatic N) is 2. The SMILES string of the molecule is CC(C)(C)OC(=O)N1CCCCC1C(=O)N1CCCC(CNC(=O)Nc2cccc(F)c2)C1. The maximum atomic E-state index is 13.3. The molecule has 0 bridgehead atoms. The first-order valence-electron chi connectivity index (χ1n) is 11.7. The van der Waals surface area contributed by atoms with E-state index in [-0.39, 0.29) is 11.8 Å². The highest BCUT2D eigenvalue weighted by molar-refractivity contribution is 5.89. The first-order valence-corrected chi connectivity index (χ1v) is 11.7. The van der Waals surface area contributed by atoms with Gasteiger partial charge in [-0.15, -0.1) is 0 Å². The Morgan fingerprint density at radius 1 is 1.12 bits per heavy atom. The second-order valence-electron chi connectivity index (χ2n) is 9.82. The lowest BCUT2D eigenvalue weighted by atomic mass is 9.95. The monoisotopic (exact) mass is 462 g/mol. The fourth-order valence-electron chi connectivity index (χ4n) is 4.35. The van der Waals surface area contributed by atoms with E-state index in [4.69, 9.17) is 4.74 Å². The van der Waals surface area contributed by atoms with Crippen molar-refractivity contribution < 1.29 is 23.5 Å². The molecule has 2 N–H and O–H groups in total. The molecule has 2 fully saturated rings. The predicted molar refractivity (Wildman–Crippen MR) is 123 cm³/mol. The van der Waals surface area contributed by atoms with Crippen molar-refractivity contribution in [1.29, 1.82) is 0 Å². The van der Waals surface area contributed by atoms with Crippen LogP contribution in [0.3, 0.4) is 0 Å². The Morgan fingerprint density at radius 2 is 1.91 bits per heavy atom. The van der Waals surface area contributed by atoms with Gasteiger partial charge < -0.3 is 20.3 Å². The molecule has 2 heterocycles. The summed E-state index contributed by atoms with van der Waals surface area (Å²) >= 11 is 0. The van der Waals surface area contributed by atoms with Crippen LogP contribution in [0.2, 0.25) is 0 Å². The van der Waals surface area contributed by atoms with E-state index in [0.29, 0.717) is 38.3 Å². The van der Waals surface area contributed by atoms with Crippen LogP contribution in [0.4, 0.5) is 19.7 Å². The zero-order chi connectivity index (χ0) is 24.0. The molecule has 1 aromatic carbocycles. The minimum atomic E-state index is -0.615. The number of hydrogen-bond donors (Lipinski definition) is 2. The minimum Gasteiger partial charge on any atom is -0.444 e. The molecule has 182 valence electrons. The summed E-state index contributed by atoms with van der Waals surface area (Å²) in [4.78, 5) is 41.6. The van der Waals surface area contributed by atoms with Crippen LogP contribution in [0.15, 0.2) is 24.3 Å². The third-order valence-electron chi connectivity index (χ3n) is 5.88. The van der Waals surface area contributed by atoms with E-state index in [9.17, 15) is 18.8 Å². The van der Waals surface area contributed by atoms with Crippen LogP contribution in [0.1, 0.15) is 52.9 Å².